The van der Waals surface area contributed by atoms with E-state index in [0.717, 1.165) is 29.7 Å². The van der Waals surface area contributed by atoms with Gasteiger partial charge >= 0.3 is 0 Å². The van der Waals surface area contributed by atoms with Crippen molar-refractivity contribution in [2.45, 2.75) is 25.4 Å². The lowest BCUT2D eigenvalue weighted by molar-refractivity contribution is 0.0708. The highest BCUT2D eigenvalue weighted by atomic mass is 32.1. The van der Waals surface area contributed by atoms with E-state index in [1.165, 1.54) is 11.3 Å². The molecule has 2 aromatic carbocycles. The topological polar surface area (TPSA) is 59.5 Å². The lowest BCUT2D eigenvalue weighted by Gasteiger charge is -2.31. The Kier molecular flexibility index (Phi) is 6.00. The van der Waals surface area contributed by atoms with E-state index in [9.17, 15) is 9.59 Å². The second-order valence-corrected chi connectivity index (χ2v) is 7.96. The average molecular weight is 407 g/mol. The molecule has 1 fully saturated rings. The van der Waals surface area contributed by atoms with Gasteiger partial charge in [0, 0.05) is 24.4 Å². The van der Waals surface area contributed by atoms with Gasteiger partial charge in [0.2, 0.25) is 0 Å². The molecule has 3 aromatic rings. The van der Waals surface area contributed by atoms with Gasteiger partial charge in [0.25, 0.3) is 5.91 Å². The van der Waals surface area contributed by atoms with E-state index in [1.54, 1.807) is 5.38 Å². The lowest BCUT2D eigenvalue weighted by Crippen LogP contribution is -2.38. The third kappa shape index (κ3) is 4.54. The second kappa shape index (κ2) is 9.01. The summed E-state index contributed by atoms with van der Waals surface area (Å²) in [4.78, 5) is 30.2. The van der Waals surface area contributed by atoms with Crippen LogP contribution in [0, 0.1) is 0 Å². The first-order chi connectivity index (χ1) is 14.2. The van der Waals surface area contributed by atoms with Crippen LogP contribution in [0.4, 0.5) is 0 Å². The minimum atomic E-state index is -0.000156. The quantitative estimate of drug-likeness (QED) is 0.563. The number of rotatable bonds is 6. The van der Waals surface area contributed by atoms with Gasteiger partial charge < -0.3 is 9.64 Å². The summed E-state index contributed by atoms with van der Waals surface area (Å²) in [7, 11) is 0. The molecule has 0 spiro atoms. The minimum Gasteiger partial charge on any atom is -0.488 e. The summed E-state index contributed by atoms with van der Waals surface area (Å²) in [5, 5.41) is 2.78. The molecule has 0 radical (unpaired) electrons. The van der Waals surface area contributed by atoms with Crippen molar-refractivity contribution in [3.63, 3.8) is 0 Å². The average Bonchev–Trinajstić information content (AvgIpc) is 3.28. The van der Waals surface area contributed by atoms with Crippen molar-refractivity contribution >= 4 is 23.5 Å². The zero-order valence-corrected chi connectivity index (χ0v) is 16.8. The molecular weight excluding hydrogens is 384 g/mol. The summed E-state index contributed by atoms with van der Waals surface area (Å²) in [5.74, 6) is 0.918. The smallest absolute Gasteiger partial charge is 0.257 e. The zero-order valence-electron chi connectivity index (χ0n) is 16.0. The maximum absolute atomic E-state index is 13.1. The van der Waals surface area contributed by atoms with Crippen LogP contribution >= 0.6 is 11.3 Å². The molecule has 2 heterocycles. The van der Waals surface area contributed by atoms with Crippen molar-refractivity contribution in [2.75, 3.05) is 13.1 Å². The standard InChI is InChI=1S/C23H22N2O3S/c26-14-19-16-29-22(24-19)18-10-12-25(13-11-18)23(27)20-8-4-5-9-21(20)28-15-17-6-2-1-3-7-17/h1-9,14,16,18H,10-13,15H2. The fourth-order valence-electron chi connectivity index (χ4n) is 3.55. The molecule has 0 N–H and O–H groups in total. The molecular formula is C23H22N2O3S. The molecule has 0 saturated carbocycles. The van der Waals surface area contributed by atoms with Gasteiger partial charge in [-0.3, -0.25) is 9.59 Å². The highest BCUT2D eigenvalue weighted by Gasteiger charge is 2.27. The maximum Gasteiger partial charge on any atom is 0.257 e. The van der Waals surface area contributed by atoms with Crippen LogP contribution < -0.4 is 4.74 Å². The van der Waals surface area contributed by atoms with Gasteiger partial charge in [-0.25, -0.2) is 4.98 Å². The molecule has 1 aliphatic heterocycles. The predicted octanol–water partition coefficient (Wildman–Crippen LogP) is 4.55. The largest absolute Gasteiger partial charge is 0.488 e. The number of nitrogens with zero attached hydrogens (tertiary/aromatic N) is 2. The van der Waals surface area contributed by atoms with Crippen LogP contribution in [0.1, 0.15) is 50.2 Å². The number of benzene rings is 2. The summed E-state index contributed by atoms with van der Waals surface area (Å²) < 4.78 is 5.95. The highest BCUT2D eigenvalue weighted by molar-refractivity contribution is 7.09. The highest BCUT2D eigenvalue weighted by Crippen LogP contribution is 2.31. The van der Waals surface area contributed by atoms with Crippen LogP contribution in [-0.4, -0.2) is 35.2 Å². The van der Waals surface area contributed by atoms with E-state index in [-0.39, 0.29) is 5.91 Å². The molecule has 0 atom stereocenters. The summed E-state index contributed by atoms with van der Waals surface area (Å²) in [6, 6.07) is 17.3. The van der Waals surface area contributed by atoms with Crippen LogP contribution in [-0.2, 0) is 6.61 Å². The second-order valence-electron chi connectivity index (χ2n) is 7.07. The van der Waals surface area contributed by atoms with Gasteiger partial charge in [-0.2, -0.15) is 0 Å². The Morgan fingerprint density at radius 1 is 1.10 bits per heavy atom. The number of thiazole rings is 1. The SMILES string of the molecule is O=Cc1csc(C2CCN(C(=O)c3ccccc3OCc3ccccc3)CC2)n1. The zero-order chi connectivity index (χ0) is 20.1. The molecule has 0 unspecified atom stereocenters. The number of carbonyl (C=O) groups excluding carboxylic acids is 2. The number of hydrogen-bond donors (Lipinski definition) is 0. The number of likely N-dealkylation sites (tertiary alicyclic amines) is 1. The number of hydrogen-bond acceptors (Lipinski definition) is 5. The number of amides is 1. The Morgan fingerprint density at radius 3 is 2.55 bits per heavy atom. The fraction of sp³-hybridized carbons (Fsp3) is 0.261. The summed E-state index contributed by atoms with van der Waals surface area (Å²) in [6.07, 6.45) is 2.49. The minimum absolute atomic E-state index is 0.000156. The lowest BCUT2D eigenvalue weighted by atomic mass is 9.97. The molecule has 1 aromatic heterocycles. The summed E-state index contributed by atoms with van der Waals surface area (Å²) in [6.45, 7) is 1.77. The van der Waals surface area contributed by atoms with Gasteiger partial charge in [0.05, 0.1) is 10.6 Å². The van der Waals surface area contributed by atoms with E-state index in [1.807, 2.05) is 59.5 Å². The number of piperidine rings is 1. The molecule has 5 nitrogen and oxygen atoms in total. The number of ether oxygens (including phenoxy) is 1. The normalized spacial score (nSPS) is 14.6. The van der Waals surface area contributed by atoms with Crippen LogP contribution in [0.5, 0.6) is 5.75 Å². The number of carbonyl (C=O) groups is 2. The molecule has 0 aliphatic carbocycles. The molecule has 0 bridgehead atoms. The Labute approximate surface area is 174 Å². The van der Waals surface area contributed by atoms with Crippen molar-refractivity contribution in [2.24, 2.45) is 0 Å². The van der Waals surface area contributed by atoms with E-state index in [4.69, 9.17) is 4.74 Å². The van der Waals surface area contributed by atoms with Crippen LogP contribution in [0.3, 0.4) is 0 Å². The van der Waals surface area contributed by atoms with Gasteiger partial charge in [-0.1, -0.05) is 42.5 Å². The van der Waals surface area contributed by atoms with E-state index in [0.29, 0.717) is 42.6 Å². The third-order valence-corrected chi connectivity index (χ3v) is 6.17. The first-order valence-corrected chi connectivity index (χ1v) is 10.6. The molecule has 6 heteroatoms. The molecule has 1 saturated heterocycles. The van der Waals surface area contributed by atoms with Crippen molar-refractivity contribution in [3.05, 3.63) is 81.8 Å². The van der Waals surface area contributed by atoms with Crippen molar-refractivity contribution in [1.29, 1.82) is 0 Å². The molecule has 1 aliphatic rings. The van der Waals surface area contributed by atoms with E-state index in [2.05, 4.69) is 4.98 Å². The monoisotopic (exact) mass is 406 g/mol. The maximum atomic E-state index is 13.1. The molecule has 148 valence electrons. The van der Waals surface area contributed by atoms with Crippen LogP contribution in [0.2, 0.25) is 0 Å². The van der Waals surface area contributed by atoms with Gasteiger partial charge in [-0.15, -0.1) is 11.3 Å². The van der Waals surface area contributed by atoms with Crippen molar-refractivity contribution in [1.82, 2.24) is 9.88 Å². The number of para-hydroxylation sites is 1. The van der Waals surface area contributed by atoms with Crippen LogP contribution in [0.25, 0.3) is 0 Å². The Hall–Kier alpha value is -2.99. The van der Waals surface area contributed by atoms with Crippen LogP contribution in [0.15, 0.2) is 60.0 Å². The first-order valence-electron chi connectivity index (χ1n) is 9.70. The molecule has 29 heavy (non-hydrogen) atoms. The van der Waals surface area contributed by atoms with Gasteiger partial charge in [-0.05, 0) is 30.5 Å². The van der Waals surface area contributed by atoms with Crippen molar-refractivity contribution in [3.8, 4) is 5.75 Å². The Morgan fingerprint density at radius 2 is 1.83 bits per heavy atom. The van der Waals surface area contributed by atoms with Crippen molar-refractivity contribution < 1.29 is 14.3 Å². The predicted molar refractivity (Wildman–Crippen MR) is 113 cm³/mol. The summed E-state index contributed by atoms with van der Waals surface area (Å²) in [5.41, 5.74) is 2.15. The van der Waals surface area contributed by atoms with E-state index < -0.39 is 0 Å². The Balaban J connectivity index is 1.40. The number of aldehydes is 1. The molecule has 4 rings (SSSR count). The van der Waals surface area contributed by atoms with Gasteiger partial charge in [0.15, 0.2) is 6.29 Å². The number of aromatic nitrogens is 1. The van der Waals surface area contributed by atoms with Gasteiger partial charge in [0.1, 0.15) is 18.1 Å². The third-order valence-electron chi connectivity index (χ3n) is 5.15. The molecule has 1 amide bonds. The summed E-state index contributed by atoms with van der Waals surface area (Å²) >= 11 is 1.53. The first kappa shape index (κ1) is 19.3. The fourth-order valence-corrected chi connectivity index (χ4v) is 4.48. The Bertz CT molecular complexity index is 979. The van der Waals surface area contributed by atoms with E-state index >= 15 is 0 Å².